The van der Waals surface area contributed by atoms with Crippen molar-refractivity contribution in [2.75, 3.05) is 13.1 Å². The van der Waals surface area contributed by atoms with E-state index in [-0.39, 0.29) is 11.3 Å². The molecule has 0 saturated carbocycles. The molecule has 1 amide bonds. The molecular formula is C16H26N2O. The average Bonchev–Trinajstić information content (AvgIpc) is 2.36. The summed E-state index contributed by atoms with van der Waals surface area (Å²) in [4.78, 5) is 11.7. The van der Waals surface area contributed by atoms with E-state index in [2.05, 4.69) is 51.2 Å². The largest absolute Gasteiger partial charge is 0.355 e. The van der Waals surface area contributed by atoms with Crippen LogP contribution in [0.5, 0.6) is 0 Å². The van der Waals surface area contributed by atoms with Crippen LogP contribution >= 0.6 is 0 Å². The van der Waals surface area contributed by atoms with E-state index in [4.69, 9.17) is 5.73 Å². The van der Waals surface area contributed by atoms with E-state index >= 15 is 0 Å². The molecule has 0 heterocycles. The molecule has 0 aliphatic rings. The van der Waals surface area contributed by atoms with E-state index in [1.807, 2.05) is 0 Å². The molecule has 3 nitrogen and oxygen atoms in total. The first-order valence-corrected chi connectivity index (χ1v) is 6.91. The molecule has 1 aromatic rings. The second kappa shape index (κ2) is 6.71. The van der Waals surface area contributed by atoms with Gasteiger partial charge in [-0.05, 0) is 37.9 Å². The molecule has 1 rings (SSSR count). The molecule has 1 aromatic carbocycles. The SMILES string of the molecule is Cc1ccc(C)c(C(C)(C)CNC(=O)CCCN)c1. The number of nitrogens with two attached hydrogens (primary N) is 1. The van der Waals surface area contributed by atoms with Crippen LogP contribution < -0.4 is 11.1 Å². The lowest BCUT2D eigenvalue weighted by atomic mass is 9.81. The molecule has 3 heteroatoms. The third-order valence-electron chi connectivity index (χ3n) is 3.46. The maximum absolute atomic E-state index is 11.7. The van der Waals surface area contributed by atoms with Crippen molar-refractivity contribution >= 4 is 5.91 Å². The zero-order valence-corrected chi connectivity index (χ0v) is 12.5. The molecule has 0 spiro atoms. The summed E-state index contributed by atoms with van der Waals surface area (Å²) in [6.07, 6.45) is 1.26. The molecule has 3 N–H and O–H groups in total. The van der Waals surface area contributed by atoms with Gasteiger partial charge in [-0.15, -0.1) is 0 Å². The van der Waals surface area contributed by atoms with Crippen LogP contribution in [0.15, 0.2) is 18.2 Å². The van der Waals surface area contributed by atoms with Gasteiger partial charge in [0.25, 0.3) is 0 Å². The fourth-order valence-corrected chi connectivity index (χ4v) is 2.23. The van der Waals surface area contributed by atoms with E-state index in [0.29, 0.717) is 19.5 Å². The molecule has 0 fully saturated rings. The number of benzene rings is 1. The van der Waals surface area contributed by atoms with Crippen molar-refractivity contribution < 1.29 is 4.79 Å². The van der Waals surface area contributed by atoms with Crippen molar-refractivity contribution in [1.82, 2.24) is 5.32 Å². The van der Waals surface area contributed by atoms with E-state index in [0.717, 1.165) is 6.42 Å². The Morgan fingerprint density at radius 2 is 2.00 bits per heavy atom. The van der Waals surface area contributed by atoms with E-state index in [1.165, 1.54) is 16.7 Å². The monoisotopic (exact) mass is 262 g/mol. The number of nitrogens with one attached hydrogen (secondary N) is 1. The van der Waals surface area contributed by atoms with Gasteiger partial charge in [-0.25, -0.2) is 0 Å². The first-order valence-electron chi connectivity index (χ1n) is 6.91. The van der Waals surface area contributed by atoms with Crippen molar-refractivity contribution in [3.63, 3.8) is 0 Å². The molecule has 0 aliphatic carbocycles. The Bertz CT molecular complexity index is 438. The zero-order valence-electron chi connectivity index (χ0n) is 12.5. The Hall–Kier alpha value is -1.35. The third-order valence-corrected chi connectivity index (χ3v) is 3.46. The van der Waals surface area contributed by atoms with Gasteiger partial charge in [0.15, 0.2) is 0 Å². The number of amides is 1. The molecule has 19 heavy (non-hydrogen) atoms. The second-order valence-corrected chi connectivity index (χ2v) is 5.87. The molecule has 0 aliphatic heterocycles. The lowest BCUT2D eigenvalue weighted by molar-refractivity contribution is -0.121. The predicted octanol–water partition coefficient (Wildman–Crippen LogP) is 2.44. The van der Waals surface area contributed by atoms with Crippen molar-refractivity contribution in [2.24, 2.45) is 5.73 Å². The summed E-state index contributed by atoms with van der Waals surface area (Å²) in [6, 6.07) is 6.47. The summed E-state index contributed by atoms with van der Waals surface area (Å²) in [6.45, 7) is 9.76. The Morgan fingerprint density at radius 3 is 2.63 bits per heavy atom. The lowest BCUT2D eigenvalue weighted by Gasteiger charge is -2.28. The Labute approximate surface area is 116 Å². The summed E-state index contributed by atoms with van der Waals surface area (Å²) >= 11 is 0. The summed E-state index contributed by atoms with van der Waals surface area (Å²) in [5, 5.41) is 3.01. The van der Waals surface area contributed by atoms with Crippen LogP contribution in [0.4, 0.5) is 0 Å². The average molecular weight is 262 g/mol. The number of hydrogen-bond donors (Lipinski definition) is 2. The van der Waals surface area contributed by atoms with E-state index in [1.54, 1.807) is 0 Å². The third kappa shape index (κ3) is 4.67. The highest BCUT2D eigenvalue weighted by Crippen LogP contribution is 2.26. The standard InChI is InChI=1S/C16H26N2O/c1-12-7-8-13(2)14(10-12)16(3,4)11-18-15(19)6-5-9-17/h7-8,10H,5-6,9,11,17H2,1-4H3,(H,18,19). The number of carbonyl (C=O) groups excluding carboxylic acids is 1. The van der Waals surface area contributed by atoms with Gasteiger partial charge in [0.2, 0.25) is 5.91 Å². The first kappa shape index (κ1) is 15.7. The highest BCUT2D eigenvalue weighted by Gasteiger charge is 2.23. The Morgan fingerprint density at radius 1 is 1.32 bits per heavy atom. The second-order valence-electron chi connectivity index (χ2n) is 5.87. The lowest BCUT2D eigenvalue weighted by Crippen LogP contribution is -2.37. The minimum Gasteiger partial charge on any atom is -0.355 e. The van der Waals surface area contributed by atoms with Crippen LogP contribution in [0.2, 0.25) is 0 Å². The van der Waals surface area contributed by atoms with E-state index < -0.39 is 0 Å². The van der Waals surface area contributed by atoms with Gasteiger partial charge < -0.3 is 11.1 Å². The fourth-order valence-electron chi connectivity index (χ4n) is 2.23. The van der Waals surface area contributed by atoms with E-state index in [9.17, 15) is 4.79 Å². The van der Waals surface area contributed by atoms with Crippen LogP contribution in [0.25, 0.3) is 0 Å². The zero-order chi connectivity index (χ0) is 14.5. The van der Waals surface area contributed by atoms with Crippen LogP contribution in [0.3, 0.4) is 0 Å². The van der Waals surface area contributed by atoms with Crippen LogP contribution in [0, 0.1) is 13.8 Å². The van der Waals surface area contributed by atoms with Crippen LogP contribution in [-0.2, 0) is 10.2 Å². The quantitative estimate of drug-likeness (QED) is 0.827. The van der Waals surface area contributed by atoms with Crippen LogP contribution in [-0.4, -0.2) is 19.0 Å². The van der Waals surface area contributed by atoms with Gasteiger partial charge in [-0.1, -0.05) is 37.6 Å². The molecule has 0 unspecified atom stereocenters. The molecule has 0 aromatic heterocycles. The summed E-state index contributed by atoms with van der Waals surface area (Å²) in [5.41, 5.74) is 9.17. The molecule has 0 radical (unpaired) electrons. The van der Waals surface area contributed by atoms with Gasteiger partial charge in [0.05, 0.1) is 0 Å². The van der Waals surface area contributed by atoms with Gasteiger partial charge >= 0.3 is 0 Å². The number of aryl methyl sites for hydroxylation is 2. The minimum absolute atomic E-state index is 0.0610. The normalized spacial score (nSPS) is 11.4. The van der Waals surface area contributed by atoms with Crippen molar-refractivity contribution in [3.05, 3.63) is 34.9 Å². The molecule has 0 bridgehead atoms. The summed E-state index contributed by atoms with van der Waals surface area (Å²) < 4.78 is 0. The maximum atomic E-state index is 11.7. The molecule has 106 valence electrons. The number of carbonyl (C=O) groups is 1. The fraction of sp³-hybridized carbons (Fsp3) is 0.562. The van der Waals surface area contributed by atoms with Crippen LogP contribution in [0.1, 0.15) is 43.4 Å². The smallest absolute Gasteiger partial charge is 0.220 e. The van der Waals surface area contributed by atoms with Gasteiger partial charge in [-0.2, -0.15) is 0 Å². The first-order chi connectivity index (χ1) is 8.86. The van der Waals surface area contributed by atoms with Gasteiger partial charge in [-0.3, -0.25) is 4.79 Å². The van der Waals surface area contributed by atoms with Gasteiger partial charge in [0, 0.05) is 18.4 Å². The van der Waals surface area contributed by atoms with Crippen molar-refractivity contribution in [2.45, 2.75) is 46.0 Å². The van der Waals surface area contributed by atoms with Crippen molar-refractivity contribution in [3.8, 4) is 0 Å². The Kier molecular flexibility index (Phi) is 5.55. The molecule has 0 saturated heterocycles. The van der Waals surface area contributed by atoms with Crippen molar-refractivity contribution in [1.29, 1.82) is 0 Å². The number of rotatable bonds is 6. The predicted molar refractivity (Wildman–Crippen MR) is 80.2 cm³/mol. The molecular weight excluding hydrogens is 236 g/mol. The summed E-state index contributed by atoms with van der Waals surface area (Å²) in [5.74, 6) is 0.0869. The minimum atomic E-state index is -0.0610. The highest BCUT2D eigenvalue weighted by molar-refractivity contribution is 5.76. The number of hydrogen-bond acceptors (Lipinski definition) is 2. The van der Waals surface area contributed by atoms with Gasteiger partial charge in [0.1, 0.15) is 0 Å². The topological polar surface area (TPSA) is 55.1 Å². The summed E-state index contributed by atoms with van der Waals surface area (Å²) in [7, 11) is 0. The Balaban J connectivity index is 2.70. The molecule has 0 atom stereocenters. The maximum Gasteiger partial charge on any atom is 0.220 e. The highest BCUT2D eigenvalue weighted by atomic mass is 16.1.